The number of aryl methyl sites for hydroxylation is 2. The molecule has 0 aromatic heterocycles. The van der Waals surface area contributed by atoms with Crippen LogP contribution in [0.1, 0.15) is 30.4 Å². The van der Waals surface area contributed by atoms with Crippen molar-refractivity contribution in [3.8, 4) is 0 Å². The summed E-state index contributed by atoms with van der Waals surface area (Å²) in [6, 6.07) is 13.2. The number of carbonyl (C=O) groups excluding carboxylic acids is 2. The van der Waals surface area contributed by atoms with Crippen LogP contribution in [0.25, 0.3) is 0 Å². The third kappa shape index (κ3) is 4.08. The highest BCUT2D eigenvalue weighted by atomic mass is 32.1. The van der Waals surface area contributed by atoms with Gasteiger partial charge in [-0.2, -0.15) is 0 Å². The fourth-order valence-electron chi connectivity index (χ4n) is 2.97. The van der Waals surface area contributed by atoms with Crippen molar-refractivity contribution in [3.63, 3.8) is 0 Å². The van der Waals surface area contributed by atoms with Gasteiger partial charge in [0.2, 0.25) is 11.8 Å². The van der Waals surface area contributed by atoms with Crippen molar-refractivity contribution < 1.29 is 9.59 Å². The summed E-state index contributed by atoms with van der Waals surface area (Å²) in [6.07, 6.45) is 1.46. The second-order valence-corrected chi connectivity index (χ2v) is 6.83. The first kappa shape index (κ1) is 18.1. The lowest BCUT2D eigenvalue weighted by molar-refractivity contribution is -0.129. The minimum atomic E-state index is -0.144. The lowest BCUT2D eigenvalue weighted by Gasteiger charge is -2.25. The van der Waals surface area contributed by atoms with Gasteiger partial charge in [0.25, 0.3) is 0 Å². The van der Waals surface area contributed by atoms with Gasteiger partial charge >= 0.3 is 0 Å². The Balaban J connectivity index is 1.66. The first-order chi connectivity index (χ1) is 12.4. The van der Waals surface area contributed by atoms with Gasteiger partial charge in [0, 0.05) is 24.2 Å². The molecular formula is C20H21N3O2S. The van der Waals surface area contributed by atoms with E-state index in [9.17, 15) is 9.59 Å². The average Bonchev–Trinajstić information content (AvgIpc) is 2.59. The Kier molecular flexibility index (Phi) is 5.32. The van der Waals surface area contributed by atoms with E-state index < -0.39 is 0 Å². The Morgan fingerprint density at radius 3 is 2.23 bits per heavy atom. The lowest BCUT2D eigenvalue weighted by Crippen LogP contribution is -2.40. The Bertz CT molecular complexity index is 846. The molecule has 1 fully saturated rings. The van der Waals surface area contributed by atoms with Gasteiger partial charge < -0.3 is 10.6 Å². The van der Waals surface area contributed by atoms with Crippen molar-refractivity contribution in [2.24, 2.45) is 0 Å². The number of thiocarbonyl (C=S) groups is 1. The smallest absolute Gasteiger partial charge is 0.233 e. The number of hydrogen-bond acceptors (Lipinski definition) is 3. The highest BCUT2D eigenvalue weighted by Gasteiger charge is 2.27. The molecule has 0 spiro atoms. The number of nitrogens with zero attached hydrogens (tertiary/aromatic N) is 1. The minimum absolute atomic E-state index is 0.144. The maximum atomic E-state index is 12.0. The summed E-state index contributed by atoms with van der Waals surface area (Å²) in [6.45, 7) is 4.08. The van der Waals surface area contributed by atoms with Crippen LogP contribution in [0.3, 0.4) is 0 Å². The quantitative estimate of drug-likeness (QED) is 0.630. The molecule has 2 aromatic rings. The van der Waals surface area contributed by atoms with E-state index in [2.05, 4.69) is 16.7 Å². The number of hydrogen-bond donors (Lipinski definition) is 2. The van der Waals surface area contributed by atoms with Crippen molar-refractivity contribution in [3.05, 3.63) is 53.6 Å². The van der Waals surface area contributed by atoms with Crippen molar-refractivity contribution in [1.29, 1.82) is 0 Å². The summed E-state index contributed by atoms with van der Waals surface area (Å²) >= 11 is 5.37. The van der Waals surface area contributed by atoms with Crippen LogP contribution in [-0.2, 0) is 9.59 Å². The Hall–Kier alpha value is -2.73. The zero-order valence-electron chi connectivity index (χ0n) is 14.8. The topological polar surface area (TPSA) is 61.4 Å². The van der Waals surface area contributed by atoms with Gasteiger partial charge in [0.05, 0.1) is 5.69 Å². The van der Waals surface area contributed by atoms with Gasteiger partial charge in [-0.15, -0.1) is 0 Å². The van der Waals surface area contributed by atoms with Gasteiger partial charge in [0.15, 0.2) is 5.11 Å². The number of rotatable bonds is 3. The highest BCUT2D eigenvalue weighted by molar-refractivity contribution is 7.80. The van der Waals surface area contributed by atoms with E-state index >= 15 is 0 Å². The number of benzene rings is 2. The average molecular weight is 367 g/mol. The number of imide groups is 1. The van der Waals surface area contributed by atoms with Crippen LogP contribution in [-0.4, -0.2) is 16.9 Å². The van der Waals surface area contributed by atoms with Crippen molar-refractivity contribution in [1.82, 2.24) is 0 Å². The van der Waals surface area contributed by atoms with Gasteiger partial charge in [-0.1, -0.05) is 17.7 Å². The number of anilines is 3. The van der Waals surface area contributed by atoms with Crippen molar-refractivity contribution in [2.45, 2.75) is 33.1 Å². The summed E-state index contributed by atoms with van der Waals surface area (Å²) in [5.41, 5.74) is 4.65. The molecule has 6 heteroatoms. The van der Waals surface area contributed by atoms with Gasteiger partial charge in [-0.25, -0.2) is 0 Å². The zero-order valence-corrected chi connectivity index (χ0v) is 15.7. The lowest BCUT2D eigenvalue weighted by atomic mass is 10.1. The molecule has 0 atom stereocenters. The third-order valence-electron chi connectivity index (χ3n) is 4.29. The standard InChI is InChI=1S/C20H21N3O2S/c1-13-6-11-17(14(2)12-13)22-20(26)21-15-7-9-16(10-8-15)23-18(24)4-3-5-19(23)25/h6-12H,3-5H2,1-2H3,(H2,21,22,26). The van der Waals surface area contributed by atoms with Crippen LogP contribution in [0.5, 0.6) is 0 Å². The molecule has 5 nitrogen and oxygen atoms in total. The highest BCUT2D eigenvalue weighted by Crippen LogP contribution is 2.24. The van der Waals surface area contributed by atoms with E-state index in [1.165, 1.54) is 10.5 Å². The molecule has 0 aliphatic carbocycles. The predicted octanol–water partition coefficient (Wildman–Crippen LogP) is 4.16. The molecule has 0 radical (unpaired) electrons. The second-order valence-electron chi connectivity index (χ2n) is 6.42. The van der Waals surface area contributed by atoms with Crippen LogP contribution >= 0.6 is 12.2 Å². The molecule has 2 aromatic carbocycles. The summed E-state index contributed by atoms with van der Waals surface area (Å²) in [7, 11) is 0. The Morgan fingerprint density at radius 1 is 0.962 bits per heavy atom. The molecule has 1 saturated heterocycles. The number of carbonyl (C=O) groups is 2. The van der Waals surface area contributed by atoms with E-state index in [0.29, 0.717) is 30.1 Å². The Morgan fingerprint density at radius 2 is 1.62 bits per heavy atom. The van der Waals surface area contributed by atoms with Crippen LogP contribution in [0, 0.1) is 13.8 Å². The molecule has 1 aliphatic heterocycles. The zero-order chi connectivity index (χ0) is 18.7. The van der Waals surface area contributed by atoms with E-state index in [1.807, 2.05) is 26.0 Å². The summed E-state index contributed by atoms with van der Waals surface area (Å²) < 4.78 is 0. The SMILES string of the molecule is Cc1ccc(NC(=S)Nc2ccc(N3C(=O)CCCC3=O)cc2)c(C)c1. The monoisotopic (exact) mass is 367 g/mol. The fraction of sp³-hybridized carbons (Fsp3) is 0.250. The molecule has 134 valence electrons. The maximum absolute atomic E-state index is 12.0. The molecule has 3 rings (SSSR count). The van der Waals surface area contributed by atoms with Crippen molar-refractivity contribution in [2.75, 3.05) is 15.5 Å². The van der Waals surface area contributed by atoms with Crippen molar-refractivity contribution >= 4 is 46.2 Å². The first-order valence-corrected chi connectivity index (χ1v) is 8.96. The van der Waals surface area contributed by atoms with Crippen LogP contribution < -0.4 is 15.5 Å². The van der Waals surface area contributed by atoms with Gasteiger partial charge in [-0.05, 0) is 68.4 Å². The van der Waals surface area contributed by atoms with Crippen LogP contribution in [0.2, 0.25) is 0 Å². The van der Waals surface area contributed by atoms with E-state index in [-0.39, 0.29) is 11.8 Å². The number of nitrogens with one attached hydrogen (secondary N) is 2. The maximum Gasteiger partial charge on any atom is 0.233 e. The number of amides is 2. The predicted molar refractivity (Wildman–Crippen MR) is 109 cm³/mol. The largest absolute Gasteiger partial charge is 0.332 e. The van der Waals surface area contributed by atoms with Gasteiger partial charge in [0.1, 0.15) is 0 Å². The van der Waals surface area contributed by atoms with E-state index in [4.69, 9.17) is 12.2 Å². The second kappa shape index (κ2) is 7.66. The summed E-state index contributed by atoms with van der Waals surface area (Å²) in [5.74, 6) is -0.289. The minimum Gasteiger partial charge on any atom is -0.332 e. The molecule has 1 heterocycles. The molecule has 2 N–H and O–H groups in total. The molecule has 0 bridgehead atoms. The molecule has 0 unspecified atom stereocenters. The van der Waals surface area contributed by atoms with Gasteiger partial charge in [-0.3, -0.25) is 14.5 Å². The Labute approximate surface area is 158 Å². The number of piperidine rings is 1. The van der Waals surface area contributed by atoms with E-state index in [0.717, 1.165) is 16.9 Å². The molecule has 26 heavy (non-hydrogen) atoms. The van der Waals surface area contributed by atoms with E-state index in [1.54, 1.807) is 24.3 Å². The fourth-order valence-corrected chi connectivity index (χ4v) is 3.20. The summed E-state index contributed by atoms with van der Waals surface area (Å²) in [4.78, 5) is 25.2. The van der Waals surface area contributed by atoms with Crippen LogP contribution in [0.4, 0.5) is 17.1 Å². The molecular weight excluding hydrogens is 346 g/mol. The third-order valence-corrected chi connectivity index (χ3v) is 4.50. The molecule has 1 aliphatic rings. The van der Waals surface area contributed by atoms with Crippen LogP contribution in [0.15, 0.2) is 42.5 Å². The first-order valence-electron chi connectivity index (χ1n) is 8.55. The summed E-state index contributed by atoms with van der Waals surface area (Å²) in [5, 5.41) is 6.78. The molecule has 0 saturated carbocycles. The normalized spacial score (nSPS) is 14.3. The molecule has 2 amide bonds.